The van der Waals surface area contributed by atoms with Crippen LogP contribution in [0.1, 0.15) is 10.4 Å². The number of rotatable bonds is 4. The number of carbonyl (C=O) groups is 1. The molecular formula is C15H19ClN2O2. The lowest BCUT2D eigenvalue weighted by Crippen LogP contribution is -2.47. The van der Waals surface area contributed by atoms with Crippen LogP contribution >= 0.6 is 11.6 Å². The largest absolute Gasteiger partial charge is 0.489 e. The van der Waals surface area contributed by atoms with Gasteiger partial charge in [-0.1, -0.05) is 24.3 Å². The summed E-state index contributed by atoms with van der Waals surface area (Å²) in [6.07, 6.45) is 1.65. The van der Waals surface area contributed by atoms with Crippen molar-refractivity contribution in [1.29, 1.82) is 0 Å². The first-order valence-corrected chi connectivity index (χ1v) is 7.00. The highest BCUT2D eigenvalue weighted by molar-refractivity contribution is 6.31. The zero-order chi connectivity index (χ0) is 14.5. The first kappa shape index (κ1) is 14.9. The van der Waals surface area contributed by atoms with Crippen LogP contribution in [0, 0.1) is 0 Å². The molecule has 0 atom stereocenters. The fourth-order valence-corrected chi connectivity index (χ4v) is 2.30. The summed E-state index contributed by atoms with van der Waals surface area (Å²) in [5, 5.41) is 0.536. The third-order valence-electron chi connectivity index (χ3n) is 3.32. The molecule has 1 aliphatic rings. The predicted octanol–water partition coefficient (Wildman–Crippen LogP) is 2.29. The summed E-state index contributed by atoms with van der Waals surface area (Å²) < 4.78 is 5.54. The van der Waals surface area contributed by atoms with Gasteiger partial charge < -0.3 is 14.5 Å². The Balaban J connectivity index is 2.19. The van der Waals surface area contributed by atoms with E-state index < -0.39 is 0 Å². The maximum atomic E-state index is 12.6. The second-order valence-electron chi connectivity index (χ2n) is 4.84. The van der Waals surface area contributed by atoms with E-state index in [1.165, 1.54) is 0 Å². The van der Waals surface area contributed by atoms with Gasteiger partial charge in [-0.25, -0.2) is 0 Å². The topological polar surface area (TPSA) is 32.8 Å². The summed E-state index contributed by atoms with van der Waals surface area (Å²) in [5.74, 6) is 0.526. The third kappa shape index (κ3) is 3.52. The number of hydrogen-bond donors (Lipinski definition) is 0. The van der Waals surface area contributed by atoms with Crippen molar-refractivity contribution in [2.45, 2.75) is 0 Å². The zero-order valence-electron chi connectivity index (χ0n) is 11.6. The Morgan fingerprint density at radius 2 is 2.10 bits per heavy atom. The van der Waals surface area contributed by atoms with Crippen molar-refractivity contribution < 1.29 is 9.53 Å². The van der Waals surface area contributed by atoms with E-state index in [0.29, 0.717) is 22.9 Å². The van der Waals surface area contributed by atoms with E-state index in [1.54, 1.807) is 24.3 Å². The van der Waals surface area contributed by atoms with E-state index in [4.69, 9.17) is 16.3 Å². The summed E-state index contributed by atoms with van der Waals surface area (Å²) in [6, 6.07) is 5.12. The fourth-order valence-electron chi connectivity index (χ4n) is 2.12. The molecule has 1 aromatic rings. The van der Waals surface area contributed by atoms with Crippen LogP contribution in [0.2, 0.25) is 5.02 Å². The van der Waals surface area contributed by atoms with Crippen LogP contribution in [0.25, 0.3) is 0 Å². The molecule has 20 heavy (non-hydrogen) atoms. The van der Waals surface area contributed by atoms with E-state index in [9.17, 15) is 4.79 Å². The maximum absolute atomic E-state index is 12.6. The number of piperazine rings is 1. The smallest absolute Gasteiger partial charge is 0.257 e. The lowest BCUT2D eigenvalue weighted by Gasteiger charge is -2.32. The van der Waals surface area contributed by atoms with E-state index in [1.807, 2.05) is 4.90 Å². The zero-order valence-corrected chi connectivity index (χ0v) is 12.4. The summed E-state index contributed by atoms with van der Waals surface area (Å²) in [7, 11) is 2.06. The van der Waals surface area contributed by atoms with Gasteiger partial charge in [0.1, 0.15) is 12.4 Å². The molecule has 108 valence electrons. The molecule has 5 heteroatoms. The van der Waals surface area contributed by atoms with Crippen LogP contribution in [0.4, 0.5) is 0 Å². The second-order valence-corrected chi connectivity index (χ2v) is 5.27. The van der Waals surface area contributed by atoms with Crippen LogP contribution in [0.5, 0.6) is 5.75 Å². The number of halogens is 1. The number of benzene rings is 1. The van der Waals surface area contributed by atoms with Crippen molar-refractivity contribution in [3.05, 3.63) is 41.4 Å². The van der Waals surface area contributed by atoms with Gasteiger partial charge in [0.05, 0.1) is 5.56 Å². The highest BCUT2D eigenvalue weighted by atomic mass is 35.5. The molecule has 0 saturated carbocycles. The fraction of sp³-hybridized carbons (Fsp3) is 0.400. The Morgan fingerprint density at radius 3 is 2.75 bits per heavy atom. The molecule has 0 spiro atoms. The van der Waals surface area contributed by atoms with Gasteiger partial charge in [-0.2, -0.15) is 0 Å². The van der Waals surface area contributed by atoms with Crippen molar-refractivity contribution >= 4 is 17.5 Å². The SMILES string of the molecule is C=CCOc1ccc(Cl)cc1C(=O)N1CCN(C)CC1. The molecule has 0 aromatic heterocycles. The van der Waals surface area contributed by atoms with Crippen LogP contribution in [-0.2, 0) is 0 Å². The Morgan fingerprint density at radius 1 is 1.40 bits per heavy atom. The minimum atomic E-state index is -0.0281. The maximum Gasteiger partial charge on any atom is 0.257 e. The van der Waals surface area contributed by atoms with Gasteiger partial charge >= 0.3 is 0 Å². The molecule has 0 aliphatic carbocycles. The first-order valence-electron chi connectivity index (χ1n) is 6.63. The Kier molecular flexibility index (Phi) is 5.04. The second kappa shape index (κ2) is 6.77. The van der Waals surface area contributed by atoms with Crippen molar-refractivity contribution in [2.24, 2.45) is 0 Å². The quantitative estimate of drug-likeness (QED) is 0.799. The minimum absolute atomic E-state index is 0.0281. The van der Waals surface area contributed by atoms with Crippen LogP contribution in [0.3, 0.4) is 0 Å². The lowest BCUT2D eigenvalue weighted by molar-refractivity contribution is 0.0660. The Bertz CT molecular complexity index is 497. The highest BCUT2D eigenvalue weighted by Gasteiger charge is 2.23. The average Bonchev–Trinajstić information content (AvgIpc) is 2.46. The summed E-state index contributed by atoms with van der Waals surface area (Å²) >= 11 is 6.00. The number of nitrogens with zero attached hydrogens (tertiary/aromatic N) is 2. The van der Waals surface area contributed by atoms with Crippen LogP contribution < -0.4 is 4.74 Å². The summed E-state index contributed by atoms with van der Waals surface area (Å²) in [5.41, 5.74) is 0.518. The molecule has 1 amide bonds. The normalized spacial score (nSPS) is 16.0. The molecule has 1 aliphatic heterocycles. The molecule has 0 radical (unpaired) electrons. The molecular weight excluding hydrogens is 276 g/mol. The molecule has 1 heterocycles. The molecule has 4 nitrogen and oxygen atoms in total. The van der Waals surface area contributed by atoms with Crippen LogP contribution in [0.15, 0.2) is 30.9 Å². The number of amides is 1. The van der Waals surface area contributed by atoms with Gasteiger partial charge in [-0.15, -0.1) is 0 Å². The van der Waals surface area contributed by atoms with Crippen molar-refractivity contribution in [3.63, 3.8) is 0 Å². The third-order valence-corrected chi connectivity index (χ3v) is 3.55. The molecule has 1 fully saturated rings. The molecule has 0 N–H and O–H groups in total. The molecule has 0 unspecified atom stereocenters. The van der Waals surface area contributed by atoms with Crippen molar-refractivity contribution in [2.75, 3.05) is 39.8 Å². The van der Waals surface area contributed by atoms with Crippen molar-refractivity contribution in [1.82, 2.24) is 9.80 Å². The molecule has 1 saturated heterocycles. The van der Waals surface area contributed by atoms with Gasteiger partial charge in [0.25, 0.3) is 5.91 Å². The van der Waals surface area contributed by atoms with E-state index in [-0.39, 0.29) is 5.91 Å². The Labute approximate surface area is 124 Å². The summed E-state index contributed by atoms with van der Waals surface area (Å²) in [6.45, 7) is 7.20. The van der Waals surface area contributed by atoms with Gasteiger partial charge in [-0.05, 0) is 25.2 Å². The van der Waals surface area contributed by atoms with Gasteiger partial charge in [0, 0.05) is 31.2 Å². The Hall–Kier alpha value is -1.52. The van der Waals surface area contributed by atoms with Crippen molar-refractivity contribution in [3.8, 4) is 5.75 Å². The molecule has 1 aromatic carbocycles. The number of ether oxygens (including phenoxy) is 1. The van der Waals surface area contributed by atoms with E-state index in [2.05, 4.69) is 18.5 Å². The number of likely N-dealkylation sites (N-methyl/N-ethyl adjacent to an activating group) is 1. The predicted molar refractivity (Wildman–Crippen MR) is 80.5 cm³/mol. The number of carbonyl (C=O) groups excluding carboxylic acids is 1. The molecule has 2 rings (SSSR count). The van der Waals surface area contributed by atoms with Gasteiger partial charge in [-0.3, -0.25) is 4.79 Å². The molecule has 0 bridgehead atoms. The minimum Gasteiger partial charge on any atom is -0.489 e. The van der Waals surface area contributed by atoms with Gasteiger partial charge in [0.15, 0.2) is 0 Å². The van der Waals surface area contributed by atoms with Gasteiger partial charge in [0.2, 0.25) is 0 Å². The average molecular weight is 295 g/mol. The first-order chi connectivity index (χ1) is 9.61. The number of hydrogen-bond acceptors (Lipinski definition) is 3. The summed E-state index contributed by atoms with van der Waals surface area (Å²) in [4.78, 5) is 16.6. The standard InChI is InChI=1S/C15H19ClN2O2/c1-3-10-20-14-5-4-12(16)11-13(14)15(19)18-8-6-17(2)7-9-18/h3-5,11H,1,6-10H2,2H3. The van der Waals surface area contributed by atoms with E-state index >= 15 is 0 Å². The highest BCUT2D eigenvalue weighted by Crippen LogP contribution is 2.25. The lowest BCUT2D eigenvalue weighted by atomic mass is 10.1. The van der Waals surface area contributed by atoms with Crippen LogP contribution in [-0.4, -0.2) is 55.5 Å². The van der Waals surface area contributed by atoms with E-state index in [0.717, 1.165) is 26.2 Å². The monoisotopic (exact) mass is 294 g/mol.